The van der Waals surface area contributed by atoms with Crippen LogP contribution in [0.3, 0.4) is 0 Å². The molecule has 4 amide bonds. The Kier molecular flexibility index (Phi) is 12.4. The summed E-state index contributed by atoms with van der Waals surface area (Å²) in [6.45, 7) is 7.77. The minimum Gasteiger partial charge on any atom is -0.491 e. The van der Waals surface area contributed by atoms with Gasteiger partial charge in [0.1, 0.15) is 31.0 Å². The quantitative estimate of drug-likeness (QED) is 0.212. The molecule has 4 aromatic rings. The van der Waals surface area contributed by atoms with Crippen molar-refractivity contribution in [3.63, 3.8) is 0 Å². The van der Waals surface area contributed by atoms with Crippen LogP contribution in [0.25, 0.3) is 0 Å². The molecule has 4 N–H and O–H groups in total. The molecule has 2 aromatic heterocycles. The number of amides is 4. The van der Waals surface area contributed by atoms with Crippen LogP contribution in [-0.2, 0) is 40.2 Å². The number of nitrogens with one attached hydrogen (secondary N) is 4. The summed E-state index contributed by atoms with van der Waals surface area (Å²) in [4.78, 5) is 64.0. The van der Waals surface area contributed by atoms with E-state index in [1.807, 2.05) is 49.4 Å². The lowest BCUT2D eigenvalue weighted by molar-refractivity contribution is -0.130. The highest BCUT2D eigenvalue weighted by atomic mass is 16.5. The van der Waals surface area contributed by atoms with Gasteiger partial charge in [0.05, 0.1) is 17.6 Å². The van der Waals surface area contributed by atoms with Crippen LogP contribution < -0.4 is 26.0 Å². The minimum absolute atomic E-state index is 0.0957. The van der Waals surface area contributed by atoms with E-state index in [-0.39, 0.29) is 31.5 Å². The van der Waals surface area contributed by atoms with Gasteiger partial charge in [-0.2, -0.15) is 5.10 Å². The van der Waals surface area contributed by atoms with Gasteiger partial charge in [-0.15, -0.1) is 0 Å². The fourth-order valence-electron chi connectivity index (χ4n) is 6.61. The van der Waals surface area contributed by atoms with Crippen molar-refractivity contribution < 1.29 is 23.9 Å². The van der Waals surface area contributed by atoms with Crippen LogP contribution in [0.1, 0.15) is 84.8 Å². The van der Waals surface area contributed by atoms with Crippen LogP contribution >= 0.6 is 0 Å². The van der Waals surface area contributed by atoms with Crippen LogP contribution in [0.5, 0.6) is 5.75 Å². The molecular formula is C41H50N8O5. The van der Waals surface area contributed by atoms with Gasteiger partial charge in [-0.25, -0.2) is 9.67 Å². The number of hydrogen-bond donors (Lipinski definition) is 4. The van der Waals surface area contributed by atoms with E-state index in [0.717, 1.165) is 29.5 Å². The predicted molar refractivity (Wildman–Crippen MR) is 202 cm³/mol. The molecule has 2 aromatic carbocycles. The number of hydrogen-bond acceptors (Lipinski definition) is 8. The number of carbonyl (C=O) groups is 4. The monoisotopic (exact) mass is 734 g/mol. The molecule has 7 rings (SSSR count). The Labute approximate surface area is 316 Å². The molecule has 4 atom stereocenters. The number of aromatic nitrogens is 4. The van der Waals surface area contributed by atoms with Crippen molar-refractivity contribution in [2.45, 2.75) is 96.9 Å². The summed E-state index contributed by atoms with van der Waals surface area (Å²) >= 11 is 0. The molecule has 0 saturated heterocycles. The first-order chi connectivity index (χ1) is 26.0. The van der Waals surface area contributed by atoms with Crippen LogP contribution in [0, 0.1) is 18.8 Å². The number of nitrogens with zero attached hydrogens (tertiary/aromatic N) is 4. The molecule has 0 radical (unpaired) electrons. The van der Waals surface area contributed by atoms with Gasteiger partial charge in [0.15, 0.2) is 11.6 Å². The summed E-state index contributed by atoms with van der Waals surface area (Å²) in [5, 5.41) is 16.7. The Balaban J connectivity index is 1.33. The van der Waals surface area contributed by atoms with Crippen molar-refractivity contribution in [2.24, 2.45) is 11.8 Å². The first-order valence-electron chi connectivity index (χ1n) is 18.8. The number of benzene rings is 2. The highest BCUT2D eigenvalue weighted by molar-refractivity contribution is 5.98. The number of ether oxygens (including phenoxy) is 1. The van der Waals surface area contributed by atoms with E-state index in [1.165, 1.54) is 6.20 Å². The van der Waals surface area contributed by atoms with Crippen molar-refractivity contribution in [1.82, 2.24) is 41.0 Å². The summed E-state index contributed by atoms with van der Waals surface area (Å²) in [6.07, 6.45) is 7.22. The van der Waals surface area contributed by atoms with Gasteiger partial charge in [-0.05, 0) is 86.3 Å². The molecule has 2 aliphatic heterocycles. The van der Waals surface area contributed by atoms with Crippen molar-refractivity contribution >= 4 is 23.6 Å². The third kappa shape index (κ3) is 10.7. The van der Waals surface area contributed by atoms with E-state index in [2.05, 4.69) is 40.1 Å². The van der Waals surface area contributed by atoms with Gasteiger partial charge < -0.3 is 26.0 Å². The highest BCUT2D eigenvalue weighted by Crippen LogP contribution is 2.32. The first kappa shape index (κ1) is 38.1. The molecule has 54 heavy (non-hydrogen) atoms. The zero-order valence-electron chi connectivity index (χ0n) is 31.4. The van der Waals surface area contributed by atoms with Crippen LogP contribution in [0.4, 0.5) is 0 Å². The normalized spacial score (nSPS) is 21.3. The SMILES string of the molecule is Cc1cncc(C(=O)N[C@H]2Cc3ccc(cc3)OC[C@H](CC(C)C)NC(=O)Cn3nc(CC4CC4)nc3[C@@H](Cc3ccccc3)NC(=O)[C@@H](C)NC2=O)c1. The van der Waals surface area contributed by atoms with Crippen molar-refractivity contribution in [3.05, 3.63) is 107 Å². The number of carbonyl (C=O) groups excluding carboxylic acids is 4. The summed E-state index contributed by atoms with van der Waals surface area (Å²) in [7, 11) is 0. The zero-order chi connectivity index (χ0) is 38.2. The average Bonchev–Trinajstić information content (AvgIpc) is 3.87. The lowest BCUT2D eigenvalue weighted by atomic mass is 10.0. The molecule has 1 fully saturated rings. The van der Waals surface area contributed by atoms with E-state index in [9.17, 15) is 19.2 Å². The Bertz CT molecular complexity index is 1930. The Morgan fingerprint density at radius 1 is 0.963 bits per heavy atom. The Hall–Kier alpha value is -5.59. The largest absolute Gasteiger partial charge is 0.491 e. The van der Waals surface area contributed by atoms with Crippen molar-refractivity contribution in [2.75, 3.05) is 6.61 Å². The van der Waals surface area contributed by atoms with E-state index in [0.29, 0.717) is 54.1 Å². The molecular weight excluding hydrogens is 685 g/mol. The summed E-state index contributed by atoms with van der Waals surface area (Å²) < 4.78 is 7.76. The van der Waals surface area contributed by atoms with Crippen molar-refractivity contribution in [3.8, 4) is 5.75 Å². The molecule has 13 heteroatoms. The molecule has 1 aliphatic carbocycles. The third-order valence-electron chi connectivity index (χ3n) is 9.56. The van der Waals surface area contributed by atoms with Gasteiger partial charge in [0, 0.05) is 25.2 Å². The minimum atomic E-state index is -1.01. The van der Waals surface area contributed by atoms with Crippen molar-refractivity contribution in [1.29, 1.82) is 0 Å². The second-order valence-electron chi connectivity index (χ2n) is 15.0. The standard InChI is InChI=1S/C41H50N8O5/c1-25(2)16-32-24-54-33-14-12-29(13-15-33)19-35(46-40(52)31-17-26(3)21-42-22-31)41(53)43-27(4)39(51)45-34(18-28-8-6-5-7-9-28)38-47-36(20-30-10-11-30)48-49(38)23-37(50)44-32/h5-9,12-15,17,21-22,25,27,30,32,34-35H,10-11,16,18-20,23-24H2,1-4H3,(H,43,53)(H,44,50)(H,45,51)(H,46,52)/t27-,32+,34-,35+/m1/s1. The smallest absolute Gasteiger partial charge is 0.253 e. The van der Waals surface area contributed by atoms with Crippen LogP contribution in [0.15, 0.2) is 73.1 Å². The molecule has 1 saturated carbocycles. The number of pyridine rings is 1. The Morgan fingerprint density at radius 2 is 1.72 bits per heavy atom. The third-order valence-corrected chi connectivity index (χ3v) is 9.56. The molecule has 0 spiro atoms. The number of rotatable bonds is 8. The predicted octanol–water partition coefficient (Wildman–Crippen LogP) is 3.80. The van der Waals surface area contributed by atoms with Gasteiger partial charge in [-0.1, -0.05) is 56.3 Å². The number of fused-ring (bicyclic) bond motifs is 14. The fourth-order valence-corrected chi connectivity index (χ4v) is 6.61. The molecule has 284 valence electrons. The maximum atomic E-state index is 14.0. The summed E-state index contributed by atoms with van der Waals surface area (Å²) in [5.41, 5.74) is 2.85. The molecule has 13 nitrogen and oxygen atoms in total. The van der Waals surface area contributed by atoms with Gasteiger partial charge in [0.25, 0.3) is 5.91 Å². The maximum absolute atomic E-state index is 14.0. The lowest BCUT2D eigenvalue weighted by Gasteiger charge is -2.25. The van der Waals surface area contributed by atoms with Crippen LogP contribution in [0.2, 0.25) is 0 Å². The molecule has 3 aliphatic rings. The summed E-state index contributed by atoms with van der Waals surface area (Å²) in [5.74, 6) is 0.804. The van der Waals surface area contributed by atoms with Gasteiger partial charge >= 0.3 is 0 Å². The average molecular weight is 735 g/mol. The summed E-state index contributed by atoms with van der Waals surface area (Å²) in [6, 6.07) is 15.7. The fraction of sp³-hybridized carbons (Fsp3) is 0.439. The molecule has 4 heterocycles. The van der Waals surface area contributed by atoms with Gasteiger partial charge in [0.2, 0.25) is 17.7 Å². The van der Waals surface area contributed by atoms with Gasteiger partial charge in [-0.3, -0.25) is 24.2 Å². The number of aryl methyl sites for hydroxylation is 1. The maximum Gasteiger partial charge on any atom is 0.253 e. The van der Waals surface area contributed by atoms with E-state index in [1.54, 1.807) is 36.0 Å². The van der Waals surface area contributed by atoms with E-state index in [4.69, 9.17) is 14.8 Å². The molecule has 0 unspecified atom stereocenters. The topological polar surface area (TPSA) is 169 Å². The second kappa shape index (κ2) is 17.5. The highest BCUT2D eigenvalue weighted by Gasteiger charge is 2.31. The van der Waals surface area contributed by atoms with Crippen LogP contribution in [-0.4, -0.2) is 68.1 Å². The molecule has 2 bridgehead atoms. The zero-order valence-corrected chi connectivity index (χ0v) is 31.4. The van der Waals surface area contributed by atoms with E-state index >= 15 is 0 Å². The lowest BCUT2D eigenvalue weighted by Crippen LogP contribution is -2.54. The Morgan fingerprint density at radius 3 is 2.43 bits per heavy atom. The first-order valence-corrected chi connectivity index (χ1v) is 18.8. The van der Waals surface area contributed by atoms with E-state index < -0.39 is 35.8 Å². The second-order valence-corrected chi connectivity index (χ2v) is 15.0.